The molecule has 5 nitrogen and oxygen atoms in total. The van der Waals surface area contributed by atoms with Gasteiger partial charge < -0.3 is 4.42 Å². The van der Waals surface area contributed by atoms with Gasteiger partial charge in [0.2, 0.25) is 5.95 Å². The zero-order chi connectivity index (χ0) is 44.3. The standard InChI is InChI=1S/C39H22N4OS/c1-2-11-23(12-3-1)37-40-38(29-17-10-16-26-24-13-5-8-19-32(24)44-35(26)29)42-39(41-37)43-30-18-7-4-15-28(30)34-31(43)22-21-27-25-14-6-9-20-33(25)45-36(27)34/h1-22H/i4D,5D,6D,7D,8D,9D,10D,13D,14D,15D,16D,17D,18D,19D,20D,21D,22D. The van der Waals surface area contributed by atoms with Crippen LogP contribution in [0.25, 0.3) is 92.6 Å². The van der Waals surface area contributed by atoms with Crippen LogP contribution in [-0.4, -0.2) is 19.5 Å². The molecule has 4 aromatic heterocycles. The first kappa shape index (κ1) is 13.4. The van der Waals surface area contributed by atoms with Crippen LogP contribution in [0.5, 0.6) is 0 Å². The van der Waals surface area contributed by atoms with Gasteiger partial charge in [0.1, 0.15) is 11.2 Å². The fraction of sp³-hybridized carbons (Fsp3) is 0. The lowest BCUT2D eigenvalue weighted by molar-refractivity contribution is 0.669. The molecule has 10 rings (SSSR count). The van der Waals surface area contributed by atoms with Crippen LogP contribution in [0.1, 0.15) is 23.3 Å². The molecule has 0 unspecified atom stereocenters. The lowest BCUT2D eigenvalue weighted by Gasteiger charge is -2.11. The summed E-state index contributed by atoms with van der Waals surface area (Å²) in [5, 5.41) is -0.605. The molecule has 0 spiro atoms. The van der Waals surface area contributed by atoms with E-state index < -0.39 is 109 Å². The molecule has 0 saturated carbocycles. The van der Waals surface area contributed by atoms with Gasteiger partial charge in [0.15, 0.2) is 11.6 Å². The Morgan fingerprint density at radius 2 is 1.36 bits per heavy atom. The summed E-state index contributed by atoms with van der Waals surface area (Å²) in [5.41, 5.74) is -1.05. The zero-order valence-corrected chi connectivity index (χ0v) is 23.3. The largest absolute Gasteiger partial charge is 0.455 e. The zero-order valence-electron chi connectivity index (χ0n) is 39.5. The van der Waals surface area contributed by atoms with E-state index in [4.69, 9.17) is 32.2 Å². The highest BCUT2D eigenvalue weighted by molar-refractivity contribution is 7.26. The summed E-state index contributed by atoms with van der Waals surface area (Å²) in [6.45, 7) is 0. The Hall–Kier alpha value is -5.85. The summed E-state index contributed by atoms with van der Waals surface area (Å²) in [4.78, 5) is 14.1. The number of hydrogen-bond acceptors (Lipinski definition) is 5. The Bertz CT molecular complexity index is 3730. The third-order valence-corrected chi connectivity index (χ3v) is 8.61. The van der Waals surface area contributed by atoms with Crippen molar-refractivity contribution in [3.05, 3.63) is 133 Å². The van der Waals surface area contributed by atoms with Gasteiger partial charge in [-0.1, -0.05) is 103 Å². The lowest BCUT2D eigenvalue weighted by atomic mass is 10.1. The van der Waals surface area contributed by atoms with Crippen molar-refractivity contribution in [2.75, 3.05) is 0 Å². The molecule has 0 radical (unpaired) electrons. The third kappa shape index (κ3) is 3.57. The number of furan rings is 1. The fourth-order valence-electron chi connectivity index (χ4n) is 5.55. The number of para-hydroxylation sites is 3. The third-order valence-electron chi connectivity index (χ3n) is 7.48. The van der Waals surface area contributed by atoms with Gasteiger partial charge in [0, 0.05) is 47.3 Å². The van der Waals surface area contributed by atoms with Crippen molar-refractivity contribution >= 4 is 75.3 Å². The first-order valence-corrected chi connectivity index (χ1v) is 14.3. The van der Waals surface area contributed by atoms with E-state index in [1.54, 1.807) is 30.3 Å². The van der Waals surface area contributed by atoms with Crippen LogP contribution in [0.15, 0.2) is 137 Å². The quantitative estimate of drug-likeness (QED) is 0.199. The molecule has 4 heterocycles. The summed E-state index contributed by atoms with van der Waals surface area (Å²) < 4.78 is 157. The molecular formula is C39H22N4OS. The first-order valence-electron chi connectivity index (χ1n) is 22.0. The van der Waals surface area contributed by atoms with E-state index in [2.05, 4.69) is 4.98 Å². The summed E-state index contributed by atoms with van der Waals surface area (Å²) >= 11 is 0.872. The number of hydrogen-bond donors (Lipinski definition) is 0. The second-order valence-electron chi connectivity index (χ2n) is 9.95. The monoisotopic (exact) mass is 611 g/mol. The van der Waals surface area contributed by atoms with Crippen molar-refractivity contribution in [1.82, 2.24) is 19.5 Å². The van der Waals surface area contributed by atoms with Crippen LogP contribution in [0.3, 0.4) is 0 Å². The molecule has 0 aliphatic carbocycles. The van der Waals surface area contributed by atoms with Crippen molar-refractivity contribution < 1.29 is 27.7 Å². The van der Waals surface area contributed by atoms with Crippen molar-refractivity contribution in [3.8, 4) is 28.7 Å². The number of rotatable bonds is 3. The Morgan fingerprint density at radius 3 is 2.27 bits per heavy atom. The van der Waals surface area contributed by atoms with Crippen LogP contribution >= 0.6 is 11.3 Å². The molecule has 210 valence electrons. The molecule has 0 atom stereocenters. The Labute approximate surface area is 284 Å². The highest BCUT2D eigenvalue weighted by Crippen LogP contribution is 2.43. The van der Waals surface area contributed by atoms with Crippen molar-refractivity contribution in [1.29, 1.82) is 0 Å². The van der Waals surface area contributed by atoms with E-state index in [0.717, 1.165) is 15.9 Å². The maximum Gasteiger partial charge on any atom is 0.238 e. The molecular weight excluding hydrogens is 573 g/mol. The van der Waals surface area contributed by atoms with Gasteiger partial charge >= 0.3 is 0 Å². The smallest absolute Gasteiger partial charge is 0.238 e. The number of fused-ring (bicyclic) bond motifs is 10. The van der Waals surface area contributed by atoms with Crippen molar-refractivity contribution in [3.63, 3.8) is 0 Å². The SMILES string of the molecule is [2H]c1c([2H])c([2H])c2c(oc3c(-c4nc(-c5ccccc5)nc(-n5c6c([2H])c([2H])c([2H])c([2H])c6c6c7sc8c([2H])c([2H])c([2H])c([2H])c8c7c([2H])c([2H])c65)n4)c([2H])c([2H])c([2H])c32)c1[2H]. The minimum Gasteiger partial charge on any atom is -0.455 e. The van der Waals surface area contributed by atoms with Crippen LogP contribution in [-0.2, 0) is 0 Å². The number of thiophene rings is 1. The van der Waals surface area contributed by atoms with E-state index >= 15 is 0 Å². The second-order valence-corrected chi connectivity index (χ2v) is 11.0. The molecule has 0 amide bonds. The van der Waals surface area contributed by atoms with Gasteiger partial charge in [-0.25, -0.2) is 4.98 Å². The van der Waals surface area contributed by atoms with Gasteiger partial charge in [-0.3, -0.25) is 4.57 Å². The topological polar surface area (TPSA) is 56.7 Å². The Morgan fingerprint density at radius 1 is 0.600 bits per heavy atom. The minimum atomic E-state index is -0.670. The van der Waals surface area contributed by atoms with Gasteiger partial charge in [0.05, 0.1) is 39.9 Å². The van der Waals surface area contributed by atoms with E-state index in [1.807, 2.05) is 0 Å². The van der Waals surface area contributed by atoms with Gasteiger partial charge in [0.25, 0.3) is 0 Å². The van der Waals surface area contributed by atoms with E-state index in [1.165, 1.54) is 0 Å². The molecule has 0 saturated heterocycles. The molecule has 0 aliphatic heterocycles. The van der Waals surface area contributed by atoms with Gasteiger partial charge in [-0.05, 0) is 30.2 Å². The Kier molecular flexibility index (Phi) is 2.78. The Balaban J connectivity index is 1.43. The van der Waals surface area contributed by atoms with Gasteiger partial charge in [-0.15, -0.1) is 11.3 Å². The van der Waals surface area contributed by atoms with Crippen molar-refractivity contribution in [2.24, 2.45) is 0 Å². The van der Waals surface area contributed by atoms with Gasteiger partial charge in [-0.2, -0.15) is 9.97 Å². The fourth-order valence-corrected chi connectivity index (χ4v) is 6.67. The summed E-state index contributed by atoms with van der Waals surface area (Å²) in [6, 6.07) is -1.28. The van der Waals surface area contributed by atoms with Crippen molar-refractivity contribution in [2.45, 2.75) is 0 Å². The number of benzene rings is 6. The predicted octanol–water partition coefficient (Wildman–Crippen LogP) is 10.6. The highest BCUT2D eigenvalue weighted by Gasteiger charge is 2.22. The predicted molar refractivity (Wildman–Crippen MR) is 185 cm³/mol. The van der Waals surface area contributed by atoms with E-state index in [9.17, 15) is 5.48 Å². The molecule has 0 fully saturated rings. The van der Waals surface area contributed by atoms with Crippen LogP contribution in [0.2, 0.25) is 0 Å². The lowest BCUT2D eigenvalue weighted by Crippen LogP contribution is -2.06. The molecule has 0 N–H and O–H groups in total. The molecule has 45 heavy (non-hydrogen) atoms. The highest BCUT2D eigenvalue weighted by atomic mass is 32.1. The average Bonchev–Trinajstić information content (AvgIpc) is 3.97. The average molecular weight is 612 g/mol. The summed E-state index contributed by atoms with van der Waals surface area (Å²) in [5.74, 6) is -0.863. The number of nitrogens with zero attached hydrogens (tertiary/aromatic N) is 4. The van der Waals surface area contributed by atoms with E-state index in [-0.39, 0.29) is 81.1 Å². The first-order chi connectivity index (χ1) is 29.4. The molecule has 0 aliphatic rings. The summed E-state index contributed by atoms with van der Waals surface area (Å²) in [6.07, 6.45) is 0. The molecule has 10 aromatic rings. The van der Waals surface area contributed by atoms with Crippen LogP contribution < -0.4 is 0 Å². The molecule has 6 aromatic carbocycles. The van der Waals surface area contributed by atoms with E-state index in [0.29, 0.717) is 5.56 Å². The second kappa shape index (κ2) is 9.32. The number of aromatic nitrogens is 4. The summed E-state index contributed by atoms with van der Waals surface area (Å²) in [7, 11) is 0. The normalized spacial score (nSPS) is 17.3. The molecule has 6 heteroatoms. The van der Waals surface area contributed by atoms with Crippen LogP contribution in [0.4, 0.5) is 0 Å². The maximum absolute atomic E-state index is 9.50. The molecule has 0 bridgehead atoms. The van der Waals surface area contributed by atoms with Crippen LogP contribution in [0, 0.1) is 0 Å². The minimum absolute atomic E-state index is 0.0143. The maximum atomic E-state index is 9.50.